The number of carbonyl (C=O) groups excluding carboxylic acids is 1. The Labute approximate surface area is 157 Å². The standard InChI is InChI=1S/C21H23N3O3/c1-14-16(17-4-2-3-5-18(17)23-14)8-9-24(21(25)11-22)12-15-6-7-19-20(10-15)27-13-26-19/h2-7,10,23H,8-9,11-13,22H2,1H3. The second-order valence-corrected chi connectivity index (χ2v) is 6.73. The fourth-order valence-corrected chi connectivity index (χ4v) is 3.58. The summed E-state index contributed by atoms with van der Waals surface area (Å²) in [6, 6.07) is 14.0. The molecule has 1 aromatic heterocycles. The second-order valence-electron chi connectivity index (χ2n) is 6.73. The molecule has 6 nitrogen and oxygen atoms in total. The molecule has 0 aliphatic carbocycles. The molecular formula is C21H23N3O3. The van der Waals surface area contributed by atoms with E-state index in [-0.39, 0.29) is 19.2 Å². The molecule has 3 N–H and O–H groups in total. The Kier molecular flexibility index (Phi) is 4.73. The number of nitrogens with one attached hydrogen (secondary N) is 1. The number of aryl methyl sites for hydroxylation is 1. The molecule has 2 heterocycles. The van der Waals surface area contributed by atoms with Crippen molar-refractivity contribution in [3.05, 3.63) is 59.3 Å². The highest BCUT2D eigenvalue weighted by Crippen LogP contribution is 2.33. The molecule has 2 aromatic carbocycles. The zero-order chi connectivity index (χ0) is 18.8. The van der Waals surface area contributed by atoms with E-state index in [0.717, 1.165) is 34.7 Å². The lowest BCUT2D eigenvalue weighted by atomic mass is 10.1. The van der Waals surface area contributed by atoms with Gasteiger partial charge in [-0.25, -0.2) is 0 Å². The third-order valence-corrected chi connectivity index (χ3v) is 5.00. The number of carbonyl (C=O) groups is 1. The Hall–Kier alpha value is -2.99. The highest BCUT2D eigenvalue weighted by atomic mass is 16.7. The quantitative estimate of drug-likeness (QED) is 0.704. The monoisotopic (exact) mass is 365 g/mol. The minimum Gasteiger partial charge on any atom is -0.454 e. The number of benzene rings is 2. The fraction of sp³-hybridized carbons (Fsp3) is 0.286. The fourth-order valence-electron chi connectivity index (χ4n) is 3.58. The number of fused-ring (bicyclic) bond motifs is 2. The Morgan fingerprint density at radius 2 is 2.00 bits per heavy atom. The van der Waals surface area contributed by atoms with Gasteiger partial charge in [-0.05, 0) is 42.7 Å². The summed E-state index contributed by atoms with van der Waals surface area (Å²) in [5.74, 6) is 1.40. The van der Waals surface area contributed by atoms with E-state index in [1.807, 2.05) is 30.3 Å². The third kappa shape index (κ3) is 3.48. The molecule has 1 aliphatic heterocycles. The number of hydrogen-bond acceptors (Lipinski definition) is 4. The van der Waals surface area contributed by atoms with Crippen LogP contribution < -0.4 is 15.2 Å². The lowest BCUT2D eigenvalue weighted by molar-refractivity contribution is -0.130. The van der Waals surface area contributed by atoms with Crippen LogP contribution in [0.25, 0.3) is 10.9 Å². The van der Waals surface area contributed by atoms with E-state index in [1.165, 1.54) is 10.9 Å². The Morgan fingerprint density at radius 3 is 2.85 bits per heavy atom. The first-order chi connectivity index (χ1) is 13.2. The van der Waals surface area contributed by atoms with E-state index >= 15 is 0 Å². The summed E-state index contributed by atoms with van der Waals surface area (Å²) in [4.78, 5) is 17.6. The summed E-state index contributed by atoms with van der Waals surface area (Å²) in [6.45, 7) is 3.41. The molecule has 4 rings (SSSR count). The number of ether oxygens (including phenoxy) is 2. The topological polar surface area (TPSA) is 80.6 Å². The number of rotatable bonds is 6. The van der Waals surface area contributed by atoms with Crippen molar-refractivity contribution in [2.75, 3.05) is 19.9 Å². The zero-order valence-corrected chi connectivity index (χ0v) is 15.3. The average Bonchev–Trinajstić information content (AvgIpc) is 3.27. The van der Waals surface area contributed by atoms with Gasteiger partial charge in [0.1, 0.15) is 0 Å². The van der Waals surface area contributed by atoms with Gasteiger partial charge in [-0.1, -0.05) is 24.3 Å². The van der Waals surface area contributed by atoms with Crippen molar-refractivity contribution in [3.63, 3.8) is 0 Å². The predicted molar refractivity (Wildman–Crippen MR) is 104 cm³/mol. The first kappa shape index (κ1) is 17.4. The highest BCUT2D eigenvalue weighted by molar-refractivity contribution is 5.84. The van der Waals surface area contributed by atoms with E-state index in [1.54, 1.807) is 4.90 Å². The van der Waals surface area contributed by atoms with Gasteiger partial charge in [0.15, 0.2) is 11.5 Å². The van der Waals surface area contributed by atoms with Crippen LogP contribution in [0.2, 0.25) is 0 Å². The van der Waals surface area contributed by atoms with Crippen LogP contribution in [0.3, 0.4) is 0 Å². The van der Waals surface area contributed by atoms with Crippen molar-refractivity contribution in [2.45, 2.75) is 19.9 Å². The number of para-hydroxylation sites is 1. The van der Waals surface area contributed by atoms with E-state index in [9.17, 15) is 4.79 Å². The van der Waals surface area contributed by atoms with Gasteiger partial charge in [-0.15, -0.1) is 0 Å². The number of aromatic amines is 1. The summed E-state index contributed by atoms with van der Waals surface area (Å²) in [5.41, 5.74) is 10.1. The zero-order valence-electron chi connectivity index (χ0n) is 15.3. The minimum atomic E-state index is -0.0647. The third-order valence-electron chi connectivity index (χ3n) is 5.00. The maximum absolute atomic E-state index is 12.4. The molecule has 0 bridgehead atoms. The van der Waals surface area contributed by atoms with Crippen molar-refractivity contribution < 1.29 is 14.3 Å². The molecule has 0 saturated heterocycles. The molecule has 27 heavy (non-hydrogen) atoms. The maximum atomic E-state index is 12.4. The van der Waals surface area contributed by atoms with Gasteiger partial charge < -0.3 is 25.1 Å². The number of H-pyrrole nitrogens is 1. The lowest BCUT2D eigenvalue weighted by Gasteiger charge is -2.22. The first-order valence-corrected chi connectivity index (χ1v) is 9.08. The van der Waals surface area contributed by atoms with Gasteiger partial charge in [0.25, 0.3) is 0 Å². The van der Waals surface area contributed by atoms with E-state index in [4.69, 9.17) is 15.2 Å². The number of nitrogens with zero attached hydrogens (tertiary/aromatic N) is 1. The smallest absolute Gasteiger partial charge is 0.236 e. The second kappa shape index (κ2) is 7.32. The van der Waals surface area contributed by atoms with E-state index in [2.05, 4.69) is 24.0 Å². The van der Waals surface area contributed by atoms with Crippen LogP contribution in [0.5, 0.6) is 11.5 Å². The average molecular weight is 365 g/mol. The van der Waals surface area contributed by atoms with Gasteiger partial charge in [-0.3, -0.25) is 4.79 Å². The molecular weight excluding hydrogens is 342 g/mol. The predicted octanol–water partition coefficient (Wildman–Crippen LogP) is 2.74. The number of aromatic nitrogens is 1. The van der Waals surface area contributed by atoms with E-state index < -0.39 is 0 Å². The summed E-state index contributed by atoms with van der Waals surface area (Å²) in [6.07, 6.45) is 0.770. The lowest BCUT2D eigenvalue weighted by Crippen LogP contribution is -2.37. The molecule has 0 fully saturated rings. The molecule has 0 unspecified atom stereocenters. The molecule has 0 radical (unpaired) electrons. The van der Waals surface area contributed by atoms with Crippen molar-refractivity contribution in [1.82, 2.24) is 9.88 Å². The van der Waals surface area contributed by atoms with Crippen LogP contribution in [0.1, 0.15) is 16.8 Å². The molecule has 0 spiro atoms. The SMILES string of the molecule is Cc1[nH]c2ccccc2c1CCN(Cc1ccc2c(c1)OCO2)C(=O)CN. The van der Waals surface area contributed by atoms with Gasteiger partial charge >= 0.3 is 0 Å². The Bertz CT molecular complexity index is 980. The van der Waals surface area contributed by atoms with Crippen LogP contribution in [-0.2, 0) is 17.8 Å². The van der Waals surface area contributed by atoms with Gasteiger partial charge in [0.05, 0.1) is 6.54 Å². The first-order valence-electron chi connectivity index (χ1n) is 9.08. The normalized spacial score (nSPS) is 12.5. The highest BCUT2D eigenvalue weighted by Gasteiger charge is 2.18. The summed E-state index contributed by atoms with van der Waals surface area (Å²) in [7, 11) is 0. The molecule has 1 amide bonds. The molecule has 140 valence electrons. The summed E-state index contributed by atoms with van der Waals surface area (Å²) < 4.78 is 10.8. The Balaban J connectivity index is 1.52. The number of hydrogen-bond donors (Lipinski definition) is 2. The van der Waals surface area contributed by atoms with Crippen LogP contribution >= 0.6 is 0 Å². The minimum absolute atomic E-state index is 0.00256. The van der Waals surface area contributed by atoms with Crippen LogP contribution in [-0.4, -0.2) is 35.7 Å². The van der Waals surface area contributed by atoms with Crippen molar-refractivity contribution in [2.24, 2.45) is 5.73 Å². The van der Waals surface area contributed by atoms with Crippen LogP contribution in [0, 0.1) is 6.92 Å². The molecule has 6 heteroatoms. The van der Waals surface area contributed by atoms with Gasteiger partial charge in [0.2, 0.25) is 12.7 Å². The number of amides is 1. The van der Waals surface area contributed by atoms with Crippen LogP contribution in [0.15, 0.2) is 42.5 Å². The number of nitrogens with two attached hydrogens (primary N) is 1. The van der Waals surface area contributed by atoms with E-state index in [0.29, 0.717) is 13.1 Å². The molecule has 1 aliphatic rings. The van der Waals surface area contributed by atoms with Crippen molar-refractivity contribution >= 4 is 16.8 Å². The van der Waals surface area contributed by atoms with Gasteiger partial charge in [-0.2, -0.15) is 0 Å². The maximum Gasteiger partial charge on any atom is 0.236 e. The van der Waals surface area contributed by atoms with Crippen molar-refractivity contribution in [3.8, 4) is 11.5 Å². The molecule has 0 saturated carbocycles. The molecule has 0 atom stereocenters. The van der Waals surface area contributed by atoms with Crippen molar-refractivity contribution in [1.29, 1.82) is 0 Å². The molecule has 3 aromatic rings. The Morgan fingerprint density at radius 1 is 1.19 bits per heavy atom. The van der Waals surface area contributed by atoms with Gasteiger partial charge in [0, 0.05) is 29.7 Å². The summed E-state index contributed by atoms with van der Waals surface area (Å²) in [5, 5.41) is 1.21. The largest absolute Gasteiger partial charge is 0.454 e. The summed E-state index contributed by atoms with van der Waals surface area (Å²) >= 11 is 0. The van der Waals surface area contributed by atoms with Crippen LogP contribution in [0.4, 0.5) is 0 Å².